The summed E-state index contributed by atoms with van der Waals surface area (Å²) < 4.78 is 7.10. The Hall–Kier alpha value is -4.30. The fourth-order valence-corrected chi connectivity index (χ4v) is 4.06. The van der Waals surface area contributed by atoms with Crippen LogP contribution < -0.4 is 26.6 Å². The van der Waals surface area contributed by atoms with E-state index in [1.807, 2.05) is 91.9 Å². The van der Waals surface area contributed by atoms with Crippen molar-refractivity contribution < 1.29 is 9.84 Å². The first kappa shape index (κ1) is 24.8. The quantitative estimate of drug-likeness (QED) is 0.317. The number of aromatic nitrogens is 2. The normalized spacial score (nSPS) is 11.7. The number of aromatic amines is 1. The Morgan fingerprint density at radius 2 is 1.56 bits per heavy atom. The molecule has 0 saturated heterocycles. The lowest BCUT2D eigenvalue weighted by Gasteiger charge is -2.27. The van der Waals surface area contributed by atoms with Crippen molar-refractivity contribution in [2.75, 3.05) is 30.3 Å². The molecular formula is C28H30N4O4. The van der Waals surface area contributed by atoms with Gasteiger partial charge in [-0.05, 0) is 35.7 Å². The first-order valence-electron chi connectivity index (χ1n) is 11.8. The molecule has 36 heavy (non-hydrogen) atoms. The van der Waals surface area contributed by atoms with Crippen LogP contribution in [-0.4, -0.2) is 40.5 Å². The van der Waals surface area contributed by atoms with Gasteiger partial charge in [-0.3, -0.25) is 14.3 Å². The first-order valence-corrected chi connectivity index (χ1v) is 11.8. The molecule has 8 heteroatoms. The van der Waals surface area contributed by atoms with Gasteiger partial charge in [0.2, 0.25) is 0 Å². The Morgan fingerprint density at radius 3 is 2.19 bits per heavy atom. The zero-order valence-electron chi connectivity index (χ0n) is 20.1. The third-order valence-electron chi connectivity index (χ3n) is 5.93. The van der Waals surface area contributed by atoms with Gasteiger partial charge in [0.05, 0.1) is 6.54 Å². The lowest BCUT2D eigenvalue weighted by Crippen LogP contribution is -2.42. The van der Waals surface area contributed by atoms with Crippen LogP contribution in [0.15, 0.2) is 94.5 Å². The van der Waals surface area contributed by atoms with E-state index in [2.05, 4.69) is 4.98 Å². The van der Waals surface area contributed by atoms with Crippen molar-refractivity contribution in [1.29, 1.82) is 0 Å². The van der Waals surface area contributed by atoms with Gasteiger partial charge in [-0.2, -0.15) is 0 Å². The Kier molecular flexibility index (Phi) is 7.87. The number of nitrogens with zero attached hydrogens (tertiary/aromatic N) is 2. The van der Waals surface area contributed by atoms with Gasteiger partial charge in [-0.25, -0.2) is 4.79 Å². The number of hydrogen-bond acceptors (Lipinski definition) is 6. The number of hydrogen-bond donors (Lipinski definition) is 3. The van der Waals surface area contributed by atoms with Crippen molar-refractivity contribution in [3.8, 4) is 16.9 Å². The fraction of sp³-hybridized carbons (Fsp3) is 0.214. The summed E-state index contributed by atoms with van der Waals surface area (Å²) in [4.78, 5) is 29.1. The van der Waals surface area contributed by atoms with E-state index in [0.29, 0.717) is 12.3 Å². The second-order valence-corrected chi connectivity index (χ2v) is 8.46. The van der Waals surface area contributed by atoms with Crippen LogP contribution in [0, 0.1) is 0 Å². The predicted molar refractivity (Wildman–Crippen MR) is 143 cm³/mol. The maximum absolute atomic E-state index is 12.7. The molecule has 0 bridgehead atoms. The van der Waals surface area contributed by atoms with Crippen LogP contribution in [0.1, 0.15) is 12.5 Å². The second-order valence-electron chi connectivity index (χ2n) is 8.46. The average molecular weight is 487 g/mol. The van der Waals surface area contributed by atoms with Gasteiger partial charge in [0, 0.05) is 13.1 Å². The van der Waals surface area contributed by atoms with Crippen LogP contribution in [0.4, 0.5) is 11.5 Å². The SMILES string of the molecule is CCN(CC(O)COc1ccc(-c2ccccc2)cc1)c1c(N)n(Cc2ccccc2)c(=O)[nH]c1=O. The summed E-state index contributed by atoms with van der Waals surface area (Å²) in [7, 11) is 0. The molecule has 1 heterocycles. The molecule has 0 fully saturated rings. The van der Waals surface area contributed by atoms with E-state index in [0.717, 1.165) is 16.7 Å². The van der Waals surface area contributed by atoms with Crippen LogP contribution in [0.3, 0.4) is 0 Å². The highest BCUT2D eigenvalue weighted by Gasteiger charge is 2.21. The molecule has 8 nitrogen and oxygen atoms in total. The maximum atomic E-state index is 12.7. The van der Waals surface area contributed by atoms with Crippen molar-refractivity contribution >= 4 is 11.5 Å². The highest BCUT2D eigenvalue weighted by molar-refractivity contribution is 5.64. The van der Waals surface area contributed by atoms with Crippen molar-refractivity contribution in [2.24, 2.45) is 0 Å². The molecule has 1 atom stereocenters. The first-order chi connectivity index (χ1) is 17.5. The molecule has 3 aromatic carbocycles. The van der Waals surface area contributed by atoms with E-state index in [4.69, 9.17) is 10.5 Å². The highest BCUT2D eigenvalue weighted by Crippen LogP contribution is 2.22. The van der Waals surface area contributed by atoms with Gasteiger partial charge in [0.25, 0.3) is 5.56 Å². The molecule has 0 saturated carbocycles. The molecule has 0 aliphatic rings. The third-order valence-corrected chi connectivity index (χ3v) is 5.93. The Morgan fingerprint density at radius 1 is 0.944 bits per heavy atom. The number of aliphatic hydroxyl groups excluding tert-OH is 1. The van der Waals surface area contributed by atoms with Gasteiger partial charge in [-0.15, -0.1) is 0 Å². The third kappa shape index (κ3) is 5.84. The number of likely N-dealkylation sites (N-methyl/N-ethyl adjacent to an activating group) is 1. The summed E-state index contributed by atoms with van der Waals surface area (Å²) >= 11 is 0. The molecule has 4 rings (SSSR count). The topological polar surface area (TPSA) is 114 Å². The van der Waals surface area contributed by atoms with Crippen LogP contribution in [0.2, 0.25) is 0 Å². The molecule has 0 radical (unpaired) electrons. The van der Waals surface area contributed by atoms with Crippen LogP contribution >= 0.6 is 0 Å². The molecule has 0 amide bonds. The van der Waals surface area contributed by atoms with Crippen molar-refractivity contribution in [3.63, 3.8) is 0 Å². The highest BCUT2D eigenvalue weighted by atomic mass is 16.5. The molecular weight excluding hydrogens is 456 g/mol. The Labute approximate surface area is 209 Å². The van der Waals surface area contributed by atoms with E-state index >= 15 is 0 Å². The van der Waals surface area contributed by atoms with E-state index in [-0.39, 0.29) is 31.2 Å². The van der Waals surface area contributed by atoms with E-state index in [1.165, 1.54) is 4.57 Å². The van der Waals surface area contributed by atoms with Crippen LogP contribution in [0.5, 0.6) is 5.75 Å². The second kappa shape index (κ2) is 11.4. The van der Waals surface area contributed by atoms with Crippen molar-refractivity contribution in [3.05, 3.63) is 111 Å². The standard InChI is InChI=1S/C28H30N4O4/c1-2-31(25-26(29)32(28(35)30-27(25)34)17-20-9-5-3-6-10-20)18-23(33)19-36-24-15-13-22(14-16-24)21-11-7-4-8-12-21/h3-16,23,33H,2,17-19,29H2,1H3,(H,30,34,35). The minimum absolute atomic E-state index is 0.0304. The molecule has 0 aliphatic carbocycles. The number of nitrogen functional groups attached to an aromatic ring is 1. The largest absolute Gasteiger partial charge is 0.491 e. The molecule has 4 aromatic rings. The Balaban J connectivity index is 1.44. The minimum Gasteiger partial charge on any atom is -0.491 e. The number of H-pyrrole nitrogens is 1. The molecule has 1 aromatic heterocycles. The van der Waals surface area contributed by atoms with E-state index in [9.17, 15) is 14.7 Å². The monoisotopic (exact) mass is 486 g/mol. The molecule has 1 unspecified atom stereocenters. The van der Waals surface area contributed by atoms with Gasteiger partial charge in [0.15, 0.2) is 0 Å². The summed E-state index contributed by atoms with van der Waals surface area (Å²) in [5.41, 5.74) is 8.34. The molecule has 186 valence electrons. The number of benzene rings is 3. The maximum Gasteiger partial charge on any atom is 0.330 e. The smallest absolute Gasteiger partial charge is 0.330 e. The fourth-order valence-electron chi connectivity index (χ4n) is 4.06. The van der Waals surface area contributed by atoms with E-state index in [1.54, 1.807) is 4.90 Å². The van der Waals surface area contributed by atoms with E-state index < -0.39 is 17.4 Å². The van der Waals surface area contributed by atoms with Gasteiger partial charge >= 0.3 is 5.69 Å². The van der Waals surface area contributed by atoms with Crippen LogP contribution in [0.25, 0.3) is 11.1 Å². The number of ether oxygens (including phenoxy) is 1. The Bertz CT molecular complexity index is 1380. The summed E-state index contributed by atoms with van der Waals surface area (Å²) in [6.45, 7) is 2.61. The lowest BCUT2D eigenvalue weighted by molar-refractivity contribution is 0.112. The number of aliphatic hydroxyl groups is 1. The number of nitrogens with two attached hydrogens (primary N) is 1. The summed E-state index contributed by atoms with van der Waals surface area (Å²) in [5.74, 6) is 0.685. The van der Waals surface area contributed by atoms with Gasteiger partial charge in [-0.1, -0.05) is 72.8 Å². The predicted octanol–water partition coefficient (Wildman–Crippen LogP) is 3.10. The molecule has 0 spiro atoms. The van der Waals surface area contributed by atoms with Crippen molar-refractivity contribution in [1.82, 2.24) is 9.55 Å². The number of nitrogens with one attached hydrogen (secondary N) is 1. The van der Waals surface area contributed by atoms with Gasteiger partial charge < -0.3 is 20.5 Å². The number of rotatable bonds is 10. The van der Waals surface area contributed by atoms with Crippen molar-refractivity contribution in [2.45, 2.75) is 19.6 Å². The zero-order chi connectivity index (χ0) is 25.5. The van der Waals surface area contributed by atoms with Crippen LogP contribution in [-0.2, 0) is 6.54 Å². The minimum atomic E-state index is -0.896. The molecule has 4 N–H and O–H groups in total. The average Bonchev–Trinajstić information content (AvgIpc) is 2.90. The molecule has 0 aliphatic heterocycles. The zero-order valence-corrected chi connectivity index (χ0v) is 20.1. The van der Waals surface area contributed by atoms with Gasteiger partial charge in [0.1, 0.15) is 30.0 Å². The summed E-state index contributed by atoms with van der Waals surface area (Å²) in [5, 5.41) is 10.7. The summed E-state index contributed by atoms with van der Waals surface area (Å²) in [6, 6.07) is 27.0. The lowest BCUT2D eigenvalue weighted by atomic mass is 10.1. The number of anilines is 2. The summed E-state index contributed by atoms with van der Waals surface area (Å²) in [6.07, 6.45) is -0.896.